The number of anilines is 1. The van der Waals surface area contributed by atoms with Crippen LogP contribution in [0.1, 0.15) is 11.8 Å². The predicted octanol–water partition coefficient (Wildman–Crippen LogP) is 0.499. The first-order valence-electron chi connectivity index (χ1n) is 6.88. The molecule has 1 saturated heterocycles. The van der Waals surface area contributed by atoms with Crippen molar-refractivity contribution in [1.82, 2.24) is 25.1 Å². The Morgan fingerprint density at radius 1 is 1.24 bits per heavy atom. The van der Waals surface area contributed by atoms with E-state index in [4.69, 9.17) is 9.15 Å². The number of ether oxygens (including phenoxy) is 1. The molecule has 0 aromatic carbocycles. The summed E-state index contributed by atoms with van der Waals surface area (Å²) >= 11 is 0. The highest BCUT2D eigenvalue weighted by Crippen LogP contribution is 2.15. The SMILES string of the molecule is COc1ccnc(N2CCN(Cc3nnc(C)o3)CC2)n1. The van der Waals surface area contributed by atoms with Crippen molar-refractivity contribution in [2.24, 2.45) is 0 Å². The van der Waals surface area contributed by atoms with Gasteiger partial charge in [0.2, 0.25) is 23.6 Å². The van der Waals surface area contributed by atoms with E-state index in [1.165, 1.54) is 0 Å². The number of hydrogen-bond acceptors (Lipinski definition) is 8. The van der Waals surface area contributed by atoms with Crippen LogP contribution in [0, 0.1) is 6.92 Å². The maximum Gasteiger partial charge on any atom is 0.230 e. The number of rotatable bonds is 4. The van der Waals surface area contributed by atoms with Crippen LogP contribution in [0.2, 0.25) is 0 Å². The zero-order valence-corrected chi connectivity index (χ0v) is 12.2. The lowest BCUT2D eigenvalue weighted by molar-refractivity contribution is 0.224. The highest BCUT2D eigenvalue weighted by Gasteiger charge is 2.20. The van der Waals surface area contributed by atoms with Gasteiger partial charge in [0.15, 0.2) is 0 Å². The molecule has 0 spiro atoms. The summed E-state index contributed by atoms with van der Waals surface area (Å²) in [5, 5.41) is 7.87. The average molecular weight is 290 g/mol. The molecular weight excluding hydrogens is 272 g/mol. The summed E-state index contributed by atoms with van der Waals surface area (Å²) in [5.74, 6) is 2.57. The fourth-order valence-electron chi connectivity index (χ4n) is 2.30. The minimum absolute atomic E-state index is 0.587. The van der Waals surface area contributed by atoms with Gasteiger partial charge in [-0.25, -0.2) is 4.98 Å². The largest absolute Gasteiger partial charge is 0.481 e. The Bertz CT molecular complexity index is 594. The van der Waals surface area contributed by atoms with Crippen LogP contribution in [0.5, 0.6) is 5.88 Å². The molecule has 2 aromatic heterocycles. The van der Waals surface area contributed by atoms with Crippen LogP contribution >= 0.6 is 0 Å². The van der Waals surface area contributed by atoms with Crippen molar-refractivity contribution in [2.75, 3.05) is 38.2 Å². The molecule has 0 radical (unpaired) electrons. The number of nitrogens with zero attached hydrogens (tertiary/aromatic N) is 6. The zero-order chi connectivity index (χ0) is 14.7. The van der Waals surface area contributed by atoms with Gasteiger partial charge in [0, 0.05) is 45.4 Å². The Kier molecular flexibility index (Phi) is 3.96. The van der Waals surface area contributed by atoms with Gasteiger partial charge in [0.25, 0.3) is 0 Å². The highest BCUT2D eigenvalue weighted by atomic mass is 16.5. The monoisotopic (exact) mass is 290 g/mol. The molecule has 1 aliphatic heterocycles. The van der Waals surface area contributed by atoms with Gasteiger partial charge in [-0.1, -0.05) is 0 Å². The molecular formula is C13H18N6O2. The number of methoxy groups -OCH3 is 1. The molecule has 0 saturated carbocycles. The quantitative estimate of drug-likeness (QED) is 0.805. The summed E-state index contributed by atoms with van der Waals surface area (Å²) in [4.78, 5) is 13.1. The van der Waals surface area contributed by atoms with Crippen LogP contribution in [0.3, 0.4) is 0 Å². The van der Waals surface area contributed by atoms with Gasteiger partial charge in [-0.05, 0) is 0 Å². The summed E-state index contributed by atoms with van der Waals surface area (Å²) < 4.78 is 10.5. The van der Waals surface area contributed by atoms with Crippen molar-refractivity contribution in [3.8, 4) is 5.88 Å². The molecule has 0 bridgehead atoms. The van der Waals surface area contributed by atoms with Gasteiger partial charge in [-0.2, -0.15) is 4.98 Å². The molecule has 0 aliphatic carbocycles. The minimum Gasteiger partial charge on any atom is -0.481 e. The van der Waals surface area contributed by atoms with Crippen LogP contribution in [0.15, 0.2) is 16.7 Å². The van der Waals surface area contributed by atoms with E-state index in [2.05, 4.69) is 30.0 Å². The van der Waals surface area contributed by atoms with Crippen molar-refractivity contribution in [3.63, 3.8) is 0 Å². The van der Waals surface area contributed by atoms with Crippen LogP contribution in [-0.2, 0) is 6.54 Å². The molecule has 3 rings (SSSR count). The van der Waals surface area contributed by atoms with E-state index in [0.29, 0.717) is 30.2 Å². The third-order valence-corrected chi connectivity index (χ3v) is 3.41. The van der Waals surface area contributed by atoms with Crippen molar-refractivity contribution in [2.45, 2.75) is 13.5 Å². The lowest BCUT2D eigenvalue weighted by atomic mass is 10.3. The predicted molar refractivity (Wildman–Crippen MR) is 75.1 cm³/mol. The Labute approximate surface area is 122 Å². The van der Waals surface area contributed by atoms with Crippen LogP contribution in [-0.4, -0.2) is 58.4 Å². The summed E-state index contributed by atoms with van der Waals surface area (Å²) in [7, 11) is 1.61. The Morgan fingerprint density at radius 2 is 2.05 bits per heavy atom. The Balaban J connectivity index is 1.57. The second-order valence-corrected chi connectivity index (χ2v) is 4.88. The first-order valence-corrected chi connectivity index (χ1v) is 6.88. The first kappa shape index (κ1) is 13.7. The number of piperazine rings is 1. The average Bonchev–Trinajstić information content (AvgIpc) is 2.93. The molecule has 3 heterocycles. The smallest absolute Gasteiger partial charge is 0.230 e. The summed E-state index contributed by atoms with van der Waals surface area (Å²) in [6, 6.07) is 1.75. The van der Waals surface area contributed by atoms with Crippen molar-refractivity contribution in [1.29, 1.82) is 0 Å². The topological polar surface area (TPSA) is 80.4 Å². The van der Waals surface area contributed by atoms with Crippen LogP contribution in [0.25, 0.3) is 0 Å². The van der Waals surface area contributed by atoms with Crippen molar-refractivity contribution in [3.05, 3.63) is 24.0 Å². The maximum atomic E-state index is 5.41. The molecule has 2 aromatic rings. The molecule has 112 valence electrons. The molecule has 1 fully saturated rings. The molecule has 0 amide bonds. The van der Waals surface area contributed by atoms with E-state index < -0.39 is 0 Å². The minimum atomic E-state index is 0.587. The fraction of sp³-hybridized carbons (Fsp3) is 0.538. The molecule has 8 nitrogen and oxygen atoms in total. The first-order chi connectivity index (χ1) is 10.2. The van der Waals surface area contributed by atoms with E-state index in [1.54, 1.807) is 26.3 Å². The fourth-order valence-corrected chi connectivity index (χ4v) is 2.30. The lowest BCUT2D eigenvalue weighted by Crippen LogP contribution is -2.46. The number of aromatic nitrogens is 4. The maximum absolute atomic E-state index is 5.41. The van der Waals surface area contributed by atoms with Gasteiger partial charge in [-0.3, -0.25) is 4.90 Å². The Hall–Kier alpha value is -2.22. The van der Waals surface area contributed by atoms with Gasteiger partial charge >= 0.3 is 0 Å². The third-order valence-electron chi connectivity index (χ3n) is 3.41. The van der Waals surface area contributed by atoms with E-state index in [1.807, 2.05) is 0 Å². The van der Waals surface area contributed by atoms with Gasteiger partial charge in [0.1, 0.15) is 0 Å². The third kappa shape index (κ3) is 3.27. The summed E-state index contributed by atoms with van der Waals surface area (Å²) in [5.41, 5.74) is 0. The van der Waals surface area contributed by atoms with Crippen molar-refractivity contribution >= 4 is 5.95 Å². The van der Waals surface area contributed by atoms with Gasteiger partial charge in [-0.15, -0.1) is 10.2 Å². The summed E-state index contributed by atoms with van der Waals surface area (Å²) in [6.45, 7) is 6.02. The van der Waals surface area contributed by atoms with E-state index >= 15 is 0 Å². The molecule has 0 atom stereocenters. The van der Waals surface area contributed by atoms with E-state index in [9.17, 15) is 0 Å². The molecule has 1 aliphatic rings. The number of aryl methyl sites for hydroxylation is 1. The molecule has 0 unspecified atom stereocenters. The zero-order valence-electron chi connectivity index (χ0n) is 12.2. The summed E-state index contributed by atoms with van der Waals surface area (Å²) in [6.07, 6.45) is 1.72. The van der Waals surface area contributed by atoms with E-state index in [0.717, 1.165) is 26.2 Å². The van der Waals surface area contributed by atoms with Crippen molar-refractivity contribution < 1.29 is 9.15 Å². The second kappa shape index (κ2) is 6.04. The van der Waals surface area contributed by atoms with Gasteiger partial charge < -0.3 is 14.1 Å². The normalized spacial score (nSPS) is 16.2. The standard InChI is InChI=1S/C13H18N6O2/c1-10-16-17-12(21-10)9-18-5-7-19(8-6-18)13-14-4-3-11(15-13)20-2/h3-4H,5-9H2,1-2H3. The molecule has 8 heteroatoms. The van der Waals surface area contributed by atoms with Gasteiger partial charge in [0.05, 0.1) is 13.7 Å². The highest BCUT2D eigenvalue weighted by molar-refractivity contribution is 5.32. The Morgan fingerprint density at radius 3 is 2.71 bits per heavy atom. The van der Waals surface area contributed by atoms with Crippen LogP contribution < -0.4 is 9.64 Å². The van der Waals surface area contributed by atoms with Crippen LogP contribution in [0.4, 0.5) is 5.95 Å². The lowest BCUT2D eigenvalue weighted by Gasteiger charge is -2.33. The van der Waals surface area contributed by atoms with E-state index in [-0.39, 0.29) is 0 Å². The number of hydrogen-bond donors (Lipinski definition) is 0. The molecule has 0 N–H and O–H groups in total. The molecule has 21 heavy (non-hydrogen) atoms. The second-order valence-electron chi connectivity index (χ2n) is 4.88.